The summed E-state index contributed by atoms with van der Waals surface area (Å²) in [6.45, 7) is 3.31. The Labute approximate surface area is 142 Å². The van der Waals surface area contributed by atoms with Gasteiger partial charge in [0.2, 0.25) is 5.91 Å². The fourth-order valence-electron chi connectivity index (χ4n) is 3.68. The molecule has 0 radical (unpaired) electrons. The predicted molar refractivity (Wildman–Crippen MR) is 89.2 cm³/mol. The molecule has 1 spiro atoms. The average molecular weight is 335 g/mol. The number of carbonyl (C=O) groups is 1. The van der Waals surface area contributed by atoms with Crippen molar-refractivity contribution in [2.45, 2.75) is 31.4 Å². The first-order chi connectivity index (χ1) is 11.6. The van der Waals surface area contributed by atoms with Crippen LogP contribution in [0.4, 0.5) is 4.39 Å². The van der Waals surface area contributed by atoms with Gasteiger partial charge in [-0.2, -0.15) is 0 Å². The minimum Gasteiger partial charge on any atom is -0.371 e. The van der Waals surface area contributed by atoms with Gasteiger partial charge in [0.1, 0.15) is 5.60 Å². The second kappa shape index (κ2) is 7.57. The minimum atomic E-state index is -0.575. The lowest BCUT2D eigenvalue weighted by atomic mass is 9.82. The van der Waals surface area contributed by atoms with Crippen LogP contribution in [0.25, 0.3) is 0 Å². The van der Waals surface area contributed by atoms with Gasteiger partial charge in [0.15, 0.2) is 0 Å². The number of alkyl halides is 1. The van der Waals surface area contributed by atoms with Gasteiger partial charge in [-0.05, 0) is 37.4 Å². The number of pyridine rings is 1. The highest BCUT2D eigenvalue weighted by atomic mass is 19.1. The molecule has 24 heavy (non-hydrogen) atoms. The van der Waals surface area contributed by atoms with E-state index < -0.39 is 6.67 Å². The number of nitrogens with zero attached hydrogens (tertiary/aromatic N) is 3. The first kappa shape index (κ1) is 17.3. The lowest BCUT2D eigenvalue weighted by molar-refractivity contribution is -0.189. The Morgan fingerprint density at radius 2 is 2.38 bits per heavy atom. The summed E-state index contributed by atoms with van der Waals surface area (Å²) in [5.41, 5.74) is 1.05. The Morgan fingerprint density at radius 3 is 3.00 bits per heavy atom. The second-order valence-electron chi connectivity index (χ2n) is 7.15. The van der Waals surface area contributed by atoms with Gasteiger partial charge in [-0.1, -0.05) is 6.07 Å². The van der Waals surface area contributed by atoms with Crippen molar-refractivity contribution in [1.29, 1.82) is 0 Å². The highest BCUT2D eigenvalue weighted by molar-refractivity contribution is 5.77. The van der Waals surface area contributed by atoms with Crippen molar-refractivity contribution in [3.63, 3.8) is 0 Å². The minimum absolute atomic E-state index is 0.00214. The third kappa shape index (κ3) is 4.11. The standard InChI is InChI=1S/C18H26FN3O2/c1-21(10-15-3-2-8-20-9-15)11-16-4-6-18(24-12-16)13-22(14-18)17(23)5-7-19/h2-3,8-9,16H,4-7,10-14H2,1H3. The van der Waals surface area contributed by atoms with E-state index in [0.717, 1.165) is 32.5 Å². The van der Waals surface area contributed by atoms with Crippen LogP contribution in [0.15, 0.2) is 24.5 Å². The van der Waals surface area contributed by atoms with E-state index in [1.165, 1.54) is 5.56 Å². The lowest BCUT2D eigenvalue weighted by Gasteiger charge is -2.53. The van der Waals surface area contributed by atoms with E-state index in [-0.39, 0.29) is 17.9 Å². The zero-order valence-electron chi connectivity index (χ0n) is 14.3. The Balaban J connectivity index is 1.39. The summed E-state index contributed by atoms with van der Waals surface area (Å²) >= 11 is 0. The Bertz CT molecular complexity index is 538. The van der Waals surface area contributed by atoms with Crippen molar-refractivity contribution >= 4 is 5.91 Å². The molecule has 1 atom stereocenters. The smallest absolute Gasteiger partial charge is 0.225 e. The second-order valence-corrected chi connectivity index (χ2v) is 7.15. The number of amides is 1. The first-order valence-electron chi connectivity index (χ1n) is 8.65. The summed E-state index contributed by atoms with van der Waals surface area (Å²) in [7, 11) is 2.12. The third-order valence-corrected chi connectivity index (χ3v) is 5.00. The van der Waals surface area contributed by atoms with Crippen molar-refractivity contribution in [2.75, 3.05) is 40.0 Å². The molecule has 132 valence electrons. The summed E-state index contributed by atoms with van der Waals surface area (Å²) < 4.78 is 18.3. The van der Waals surface area contributed by atoms with Crippen molar-refractivity contribution < 1.29 is 13.9 Å². The van der Waals surface area contributed by atoms with Crippen LogP contribution in [0.3, 0.4) is 0 Å². The van der Waals surface area contributed by atoms with Gasteiger partial charge < -0.3 is 14.5 Å². The van der Waals surface area contributed by atoms with Gasteiger partial charge >= 0.3 is 0 Å². The van der Waals surface area contributed by atoms with Crippen LogP contribution in [0, 0.1) is 5.92 Å². The topological polar surface area (TPSA) is 45.7 Å². The molecule has 1 aromatic heterocycles. The zero-order valence-corrected chi connectivity index (χ0v) is 14.3. The molecule has 2 fully saturated rings. The average Bonchev–Trinajstić information content (AvgIpc) is 2.54. The molecule has 2 aliphatic rings. The molecule has 0 aliphatic carbocycles. The number of hydrogen-bond acceptors (Lipinski definition) is 4. The maximum Gasteiger partial charge on any atom is 0.225 e. The Hall–Kier alpha value is -1.53. The lowest BCUT2D eigenvalue weighted by Crippen LogP contribution is -2.66. The molecule has 1 amide bonds. The molecule has 5 nitrogen and oxygen atoms in total. The number of hydrogen-bond donors (Lipinski definition) is 0. The Kier molecular flexibility index (Phi) is 5.46. The van der Waals surface area contributed by atoms with Gasteiger partial charge in [0, 0.05) is 25.5 Å². The summed E-state index contributed by atoms with van der Waals surface area (Å²) in [5.74, 6) is 0.429. The number of aromatic nitrogens is 1. The zero-order chi connectivity index (χ0) is 17.0. The van der Waals surface area contributed by atoms with Crippen molar-refractivity contribution in [1.82, 2.24) is 14.8 Å². The number of likely N-dealkylation sites (tertiary alicyclic amines) is 1. The summed E-state index contributed by atoms with van der Waals surface area (Å²) in [5, 5.41) is 0. The molecule has 1 aromatic rings. The molecular formula is C18H26FN3O2. The van der Waals surface area contributed by atoms with Gasteiger partial charge in [-0.25, -0.2) is 0 Å². The van der Waals surface area contributed by atoms with E-state index >= 15 is 0 Å². The van der Waals surface area contributed by atoms with Crippen LogP contribution in [0.5, 0.6) is 0 Å². The fourth-order valence-corrected chi connectivity index (χ4v) is 3.68. The van der Waals surface area contributed by atoms with E-state index in [1.807, 2.05) is 12.3 Å². The number of halogens is 1. The molecule has 0 N–H and O–H groups in total. The largest absolute Gasteiger partial charge is 0.371 e. The summed E-state index contributed by atoms with van der Waals surface area (Å²) in [6.07, 6.45) is 5.79. The molecule has 1 unspecified atom stereocenters. The molecule has 0 saturated carbocycles. The molecular weight excluding hydrogens is 309 g/mol. The fraction of sp³-hybridized carbons (Fsp3) is 0.667. The molecule has 0 bridgehead atoms. The maximum absolute atomic E-state index is 12.2. The first-order valence-corrected chi connectivity index (χ1v) is 8.65. The van der Waals surface area contributed by atoms with E-state index in [9.17, 15) is 9.18 Å². The molecule has 0 aromatic carbocycles. The van der Waals surface area contributed by atoms with Crippen LogP contribution < -0.4 is 0 Å². The van der Waals surface area contributed by atoms with E-state index in [1.54, 1.807) is 11.1 Å². The van der Waals surface area contributed by atoms with E-state index in [4.69, 9.17) is 4.74 Å². The van der Waals surface area contributed by atoms with Crippen molar-refractivity contribution in [2.24, 2.45) is 5.92 Å². The number of rotatable bonds is 6. The maximum atomic E-state index is 12.2. The summed E-state index contributed by atoms with van der Waals surface area (Å²) in [4.78, 5) is 19.8. The van der Waals surface area contributed by atoms with Gasteiger partial charge in [-0.15, -0.1) is 0 Å². The molecule has 3 heterocycles. The predicted octanol–water partition coefficient (Wildman–Crippen LogP) is 1.88. The van der Waals surface area contributed by atoms with E-state index in [0.29, 0.717) is 19.0 Å². The summed E-state index contributed by atoms with van der Waals surface area (Å²) in [6, 6.07) is 4.05. The van der Waals surface area contributed by atoms with Crippen LogP contribution in [-0.4, -0.2) is 66.3 Å². The normalized spacial score (nSPS) is 22.6. The van der Waals surface area contributed by atoms with Gasteiger partial charge in [0.25, 0.3) is 0 Å². The van der Waals surface area contributed by atoms with Crippen LogP contribution in [0.2, 0.25) is 0 Å². The van der Waals surface area contributed by atoms with Crippen LogP contribution >= 0.6 is 0 Å². The van der Waals surface area contributed by atoms with Crippen LogP contribution in [0.1, 0.15) is 24.8 Å². The van der Waals surface area contributed by atoms with Crippen molar-refractivity contribution in [3.8, 4) is 0 Å². The number of ether oxygens (including phenoxy) is 1. The molecule has 2 saturated heterocycles. The third-order valence-electron chi connectivity index (χ3n) is 5.00. The SMILES string of the molecule is CN(Cc1cccnc1)CC1CCC2(CN(C(=O)CCF)C2)OC1. The highest BCUT2D eigenvalue weighted by Gasteiger charge is 2.48. The molecule has 3 rings (SSSR count). The van der Waals surface area contributed by atoms with Gasteiger partial charge in [-0.3, -0.25) is 14.2 Å². The van der Waals surface area contributed by atoms with Crippen LogP contribution in [-0.2, 0) is 16.1 Å². The van der Waals surface area contributed by atoms with E-state index in [2.05, 4.69) is 23.0 Å². The quantitative estimate of drug-likeness (QED) is 0.796. The molecule has 6 heteroatoms. The molecule has 2 aliphatic heterocycles. The Morgan fingerprint density at radius 1 is 1.54 bits per heavy atom. The number of carbonyl (C=O) groups excluding carboxylic acids is 1. The highest BCUT2D eigenvalue weighted by Crippen LogP contribution is 2.36. The van der Waals surface area contributed by atoms with Crippen molar-refractivity contribution in [3.05, 3.63) is 30.1 Å². The van der Waals surface area contributed by atoms with Gasteiger partial charge in [0.05, 0.1) is 32.8 Å². The monoisotopic (exact) mass is 335 g/mol.